The molecule has 90 valence electrons. The standard InChI is InChI=1S/C13H28N2/c1-12(2)13(14)8-11-15-9-6-4-3-5-7-10-15/h12-13H,3-11,14H2,1-2H3. The highest BCUT2D eigenvalue weighted by Crippen LogP contribution is 2.12. The number of nitrogens with two attached hydrogens (primary N) is 1. The van der Waals surface area contributed by atoms with Crippen LogP contribution in [0.2, 0.25) is 0 Å². The maximum absolute atomic E-state index is 6.08. The molecule has 0 bridgehead atoms. The van der Waals surface area contributed by atoms with Crippen molar-refractivity contribution in [3.8, 4) is 0 Å². The summed E-state index contributed by atoms with van der Waals surface area (Å²) in [6, 6.07) is 0.385. The zero-order valence-electron chi connectivity index (χ0n) is 10.5. The molecule has 1 fully saturated rings. The fourth-order valence-electron chi connectivity index (χ4n) is 2.20. The van der Waals surface area contributed by atoms with Crippen LogP contribution < -0.4 is 5.73 Å². The third-order valence-electron chi connectivity index (χ3n) is 3.58. The van der Waals surface area contributed by atoms with Crippen molar-refractivity contribution in [2.45, 2.75) is 58.4 Å². The average molecular weight is 212 g/mol. The summed E-state index contributed by atoms with van der Waals surface area (Å²) >= 11 is 0. The molecule has 0 aliphatic carbocycles. The van der Waals surface area contributed by atoms with Gasteiger partial charge in [-0.2, -0.15) is 0 Å². The molecule has 0 aromatic rings. The van der Waals surface area contributed by atoms with E-state index in [-0.39, 0.29) is 0 Å². The molecule has 1 aliphatic rings. The van der Waals surface area contributed by atoms with Gasteiger partial charge in [0.05, 0.1) is 0 Å². The van der Waals surface area contributed by atoms with E-state index < -0.39 is 0 Å². The Hall–Kier alpha value is -0.0800. The van der Waals surface area contributed by atoms with E-state index in [4.69, 9.17) is 5.73 Å². The van der Waals surface area contributed by atoms with Crippen LogP contribution in [-0.4, -0.2) is 30.6 Å². The number of hydrogen-bond acceptors (Lipinski definition) is 2. The van der Waals surface area contributed by atoms with Gasteiger partial charge < -0.3 is 10.6 Å². The first kappa shape index (κ1) is 13.0. The molecule has 0 aromatic carbocycles. The summed E-state index contributed by atoms with van der Waals surface area (Å²) in [7, 11) is 0. The van der Waals surface area contributed by atoms with Crippen molar-refractivity contribution in [2.24, 2.45) is 11.7 Å². The number of hydrogen-bond donors (Lipinski definition) is 1. The van der Waals surface area contributed by atoms with Crippen molar-refractivity contribution in [1.29, 1.82) is 0 Å². The van der Waals surface area contributed by atoms with Crippen LogP contribution >= 0.6 is 0 Å². The van der Waals surface area contributed by atoms with Crippen molar-refractivity contribution >= 4 is 0 Å². The molecule has 0 saturated carbocycles. The molecule has 2 nitrogen and oxygen atoms in total. The van der Waals surface area contributed by atoms with Gasteiger partial charge in [0.2, 0.25) is 0 Å². The van der Waals surface area contributed by atoms with Crippen molar-refractivity contribution in [3.63, 3.8) is 0 Å². The maximum atomic E-state index is 6.08. The van der Waals surface area contributed by atoms with E-state index in [1.807, 2.05) is 0 Å². The smallest absolute Gasteiger partial charge is 0.00740 e. The average Bonchev–Trinajstić information content (AvgIpc) is 2.15. The summed E-state index contributed by atoms with van der Waals surface area (Å²) < 4.78 is 0. The summed E-state index contributed by atoms with van der Waals surface area (Å²) in [5.41, 5.74) is 6.08. The van der Waals surface area contributed by atoms with Crippen LogP contribution in [0.1, 0.15) is 52.4 Å². The van der Waals surface area contributed by atoms with Gasteiger partial charge in [0.25, 0.3) is 0 Å². The third-order valence-corrected chi connectivity index (χ3v) is 3.58. The van der Waals surface area contributed by atoms with Crippen LogP contribution in [0.25, 0.3) is 0 Å². The molecule has 1 atom stereocenters. The van der Waals surface area contributed by atoms with Crippen LogP contribution in [0.3, 0.4) is 0 Å². The van der Waals surface area contributed by atoms with Crippen molar-refractivity contribution in [2.75, 3.05) is 19.6 Å². The van der Waals surface area contributed by atoms with Gasteiger partial charge in [0.1, 0.15) is 0 Å². The largest absolute Gasteiger partial charge is 0.327 e. The quantitative estimate of drug-likeness (QED) is 0.776. The van der Waals surface area contributed by atoms with Crippen LogP contribution in [0.15, 0.2) is 0 Å². The number of rotatable bonds is 4. The summed E-state index contributed by atoms with van der Waals surface area (Å²) in [5, 5.41) is 0. The minimum Gasteiger partial charge on any atom is -0.327 e. The Bertz CT molecular complexity index is 149. The van der Waals surface area contributed by atoms with Gasteiger partial charge in [-0.15, -0.1) is 0 Å². The van der Waals surface area contributed by atoms with E-state index in [1.165, 1.54) is 51.7 Å². The zero-order chi connectivity index (χ0) is 11.1. The molecule has 2 N–H and O–H groups in total. The Kier molecular flexibility index (Phi) is 6.26. The summed E-state index contributed by atoms with van der Waals surface area (Å²) in [5.74, 6) is 0.625. The molecule has 1 rings (SSSR count). The molecule has 0 spiro atoms. The van der Waals surface area contributed by atoms with E-state index in [0.717, 1.165) is 6.42 Å². The Morgan fingerprint density at radius 1 is 1.00 bits per heavy atom. The van der Waals surface area contributed by atoms with E-state index in [2.05, 4.69) is 18.7 Å². The van der Waals surface area contributed by atoms with Crippen LogP contribution in [-0.2, 0) is 0 Å². The highest BCUT2D eigenvalue weighted by atomic mass is 15.1. The molecule has 1 saturated heterocycles. The van der Waals surface area contributed by atoms with Gasteiger partial charge in [0.15, 0.2) is 0 Å². The van der Waals surface area contributed by atoms with Crippen LogP contribution in [0.5, 0.6) is 0 Å². The van der Waals surface area contributed by atoms with Gasteiger partial charge in [0, 0.05) is 6.04 Å². The van der Waals surface area contributed by atoms with Gasteiger partial charge in [-0.1, -0.05) is 33.1 Å². The molecule has 1 unspecified atom stereocenters. The molecule has 0 amide bonds. The van der Waals surface area contributed by atoms with Gasteiger partial charge in [-0.05, 0) is 44.8 Å². The topological polar surface area (TPSA) is 29.3 Å². The second kappa shape index (κ2) is 7.24. The number of likely N-dealkylation sites (tertiary alicyclic amines) is 1. The fraction of sp³-hybridized carbons (Fsp3) is 1.00. The lowest BCUT2D eigenvalue weighted by atomic mass is 10.0. The second-order valence-corrected chi connectivity index (χ2v) is 5.31. The van der Waals surface area contributed by atoms with Crippen LogP contribution in [0.4, 0.5) is 0 Å². The fourth-order valence-corrected chi connectivity index (χ4v) is 2.20. The van der Waals surface area contributed by atoms with Crippen molar-refractivity contribution in [1.82, 2.24) is 4.90 Å². The maximum Gasteiger partial charge on any atom is 0.00740 e. The first-order chi connectivity index (χ1) is 7.20. The Balaban J connectivity index is 2.17. The van der Waals surface area contributed by atoms with Gasteiger partial charge in [-0.25, -0.2) is 0 Å². The van der Waals surface area contributed by atoms with Crippen LogP contribution in [0, 0.1) is 5.92 Å². The lowest BCUT2D eigenvalue weighted by Gasteiger charge is -2.26. The molecule has 2 heteroatoms. The molecule has 15 heavy (non-hydrogen) atoms. The summed E-state index contributed by atoms with van der Waals surface area (Å²) in [4.78, 5) is 2.61. The SMILES string of the molecule is CC(C)C(N)CCN1CCCCCCC1. The van der Waals surface area contributed by atoms with Gasteiger partial charge >= 0.3 is 0 Å². The Labute approximate surface area is 95.2 Å². The molecular weight excluding hydrogens is 184 g/mol. The Morgan fingerprint density at radius 3 is 2.07 bits per heavy atom. The highest BCUT2D eigenvalue weighted by molar-refractivity contribution is 4.69. The number of nitrogens with zero attached hydrogens (tertiary/aromatic N) is 1. The zero-order valence-corrected chi connectivity index (χ0v) is 10.5. The molecular formula is C13H28N2. The first-order valence-corrected chi connectivity index (χ1v) is 6.68. The monoisotopic (exact) mass is 212 g/mol. The molecule has 1 aliphatic heterocycles. The predicted octanol–water partition coefficient (Wildman–Crippen LogP) is 2.63. The highest BCUT2D eigenvalue weighted by Gasteiger charge is 2.11. The van der Waals surface area contributed by atoms with E-state index in [9.17, 15) is 0 Å². The second-order valence-electron chi connectivity index (χ2n) is 5.31. The Morgan fingerprint density at radius 2 is 1.53 bits per heavy atom. The van der Waals surface area contributed by atoms with Crippen molar-refractivity contribution in [3.05, 3.63) is 0 Å². The van der Waals surface area contributed by atoms with Crippen molar-refractivity contribution < 1.29 is 0 Å². The first-order valence-electron chi connectivity index (χ1n) is 6.68. The minimum absolute atomic E-state index is 0.385. The minimum atomic E-state index is 0.385. The van der Waals surface area contributed by atoms with E-state index >= 15 is 0 Å². The summed E-state index contributed by atoms with van der Waals surface area (Å²) in [6.07, 6.45) is 8.23. The van der Waals surface area contributed by atoms with E-state index in [0.29, 0.717) is 12.0 Å². The normalized spacial score (nSPS) is 22.4. The van der Waals surface area contributed by atoms with E-state index in [1.54, 1.807) is 0 Å². The predicted molar refractivity (Wildman–Crippen MR) is 67.0 cm³/mol. The molecule has 0 radical (unpaired) electrons. The molecule has 0 aromatic heterocycles. The third kappa shape index (κ3) is 5.53. The summed E-state index contributed by atoms with van der Waals surface area (Å²) in [6.45, 7) is 8.24. The molecule has 1 heterocycles. The van der Waals surface area contributed by atoms with Gasteiger partial charge in [-0.3, -0.25) is 0 Å². The lowest BCUT2D eigenvalue weighted by molar-refractivity contribution is 0.232. The lowest BCUT2D eigenvalue weighted by Crippen LogP contribution is -2.35.